The summed E-state index contributed by atoms with van der Waals surface area (Å²) in [4.78, 5) is 12.5. The molecule has 1 amide bonds. The maximum Gasteiger partial charge on any atom is 0.322 e. The number of nitrogens with zero attached hydrogens (tertiary/aromatic N) is 1. The highest BCUT2D eigenvalue weighted by molar-refractivity contribution is 5.83. The van der Waals surface area contributed by atoms with Crippen LogP contribution in [0.25, 0.3) is 0 Å². The lowest BCUT2D eigenvalue weighted by molar-refractivity contribution is -0.158. The first-order chi connectivity index (χ1) is 6.34. The number of hydrogen-bond acceptors (Lipinski definition) is 2. The average molecular weight is 206 g/mol. The minimum Gasteiger partial charge on any atom is -0.333 e. The quantitative estimate of drug-likeness (QED) is 0.695. The van der Waals surface area contributed by atoms with Crippen molar-refractivity contribution in [2.24, 2.45) is 5.73 Å². The van der Waals surface area contributed by atoms with Crippen LogP contribution in [0.4, 0.5) is 8.78 Å². The Balaban J connectivity index is 2.72. The first kappa shape index (κ1) is 11.4. The second kappa shape index (κ2) is 3.81. The SMILES string of the molecule is C[C@@H]1[C@H](N)CCCN1C(=O)C(C)(F)F. The summed E-state index contributed by atoms with van der Waals surface area (Å²) in [7, 11) is 0. The summed E-state index contributed by atoms with van der Waals surface area (Å²) < 4.78 is 25.5. The number of carbonyl (C=O) groups excluding carboxylic acids is 1. The van der Waals surface area contributed by atoms with E-state index in [9.17, 15) is 13.6 Å². The van der Waals surface area contributed by atoms with E-state index in [4.69, 9.17) is 5.73 Å². The van der Waals surface area contributed by atoms with E-state index in [0.717, 1.165) is 6.42 Å². The summed E-state index contributed by atoms with van der Waals surface area (Å²) in [6.45, 7) is 2.73. The van der Waals surface area contributed by atoms with Gasteiger partial charge in [-0.05, 0) is 19.8 Å². The summed E-state index contributed by atoms with van der Waals surface area (Å²) >= 11 is 0. The van der Waals surface area contributed by atoms with Gasteiger partial charge in [-0.1, -0.05) is 0 Å². The number of hydrogen-bond donors (Lipinski definition) is 1. The molecule has 1 heterocycles. The molecule has 0 spiro atoms. The first-order valence-corrected chi connectivity index (χ1v) is 4.78. The Morgan fingerprint density at radius 3 is 2.64 bits per heavy atom. The molecule has 0 saturated carbocycles. The fourth-order valence-corrected chi connectivity index (χ4v) is 1.71. The van der Waals surface area contributed by atoms with Crippen molar-refractivity contribution in [2.75, 3.05) is 6.54 Å². The molecule has 0 aliphatic carbocycles. The minimum atomic E-state index is -3.29. The van der Waals surface area contributed by atoms with Crippen molar-refractivity contribution in [2.45, 2.75) is 44.7 Å². The maximum atomic E-state index is 12.8. The van der Waals surface area contributed by atoms with Gasteiger partial charge in [0.25, 0.3) is 5.91 Å². The lowest BCUT2D eigenvalue weighted by Gasteiger charge is -2.38. The Labute approximate surface area is 82.2 Å². The highest BCUT2D eigenvalue weighted by Crippen LogP contribution is 2.22. The van der Waals surface area contributed by atoms with E-state index in [2.05, 4.69) is 0 Å². The summed E-state index contributed by atoms with van der Waals surface area (Å²) in [6, 6.07) is -0.475. The molecule has 2 N–H and O–H groups in total. The number of rotatable bonds is 1. The van der Waals surface area contributed by atoms with Gasteiger partial charge < -0.3 is 10.6 Å². The topological polar surface area (TPSA) is 46.3 Å². The average Bonchev–Trinajstić information content (AvgIpc) is 2.07. The van der Waals surface area contributed by atoms with Crippen LogP contribution in [0.2, 0.25) is 0 Å². The van der Waals surface area contributed by atoms with Gasteiger partial charge in [0.2, 0.25) is 0 Å². The Morgan fingerprint density at radius 2 is 2.14 bits per heavy atom. The van der Waals surface area contributed by atoms with Crippen LogP contribution < -0.4 is 5.73 Å². The van der Waals surface area contributed by atoms with Crippen LogP contribution in [-0.2, 0) is 4.79 Å². The van der Waals surface area contributed by atoms with Gasteiger partial charge in [-0.15, -0.1) is 0 Å². The first-order valence-electron chi connectivity index (χ1n) is 4.78. The highest BCUT2D eigenvalue weighted by atomic mass is 19.3. The van der Waals surface area contributed by atoms with Crippen molar-refractivity contribution in [3.63, 3.8) is 0 Å². The normalized spacial score (nSPS) is 29.1. The predicted octanol–water partition coefficient (Wildman–Crippen LogP) is 0.980. The minimum absolute atomic E-state index is 0.185. The zero-order valence-corrected chi connectivity index (χ0v) is 8.46. The van der Waals surface area contributed by atoms with Crippen LogP contribution in [0.15, 0.2) is 0 Å². The van der Waals surface area contributed by atoms with Crippen molar-refractivity contribution in [3.8, 4) is 0 Å². The number of likely N-dealkylation sites (tertiary alicyclic amines) is 1. The van der Waals surface area contributed by atoms with Crippen molar-refractivity contribution in [1.29, 1.82) is 0 Å². The van der Waals surface area contributed by atoms with E-state index in [1.165, 1.54) is 4.90 Å². The maximum absolute atomic E-state index is 12.8. The third kappa shape index (κ3) is 2.20. The molecule has 1 aliphatic rings. The van der Waals surface area contributed by atoms with Gasteiger partial charge in [-0.3, -0.25) is 4.79 Å². The van der Waals surface area contributed by atoms with Gasteiger partial charge in [0.1, 0.15) is 0 Å². The van der Waals surface area contributed by atoms with Crippen molar-refractivity contribution >= 4 is 5.91 Å². The van der Waals surface area contributed by atoms with Crippen LogP contribution in [0.3, 0.4) is 0 Å². The molecule has 0 bridgehead atoms. The fraction of sp³-hybridized carbons (Fsp3) is 0.889. The van der Waals surface area contributed by atoms with Gasteiger partial charge in [0, 0.05) is 25.6 Å². The van der Waals surface area contributed by atoms with Gasteiger partial charge in [-0.2, -0.15) is 8.78 Å². The van der Waals surface area contributed by atoms with E-state index in [-0.39, 0.29) is 12.1 Å². The van der Waals surface area contributed by atoms with Crippen LogP contribution in [-0.4, -0.2) is 35.4 Å². The largest absolute Gasteiger partial charge is 0.333 e. The van der Waals surface area contributed by atoms with Gasteiger partial charge in [0.05, 0.1) is 0 Å². The Bertz CT molecular complexity index is 227. The molecule has 1 saturated heterocycles. The second-order valence-corrected chi connectivity index (χ2v) is 3.93. The Hall–Kier alpha value is -0.710. The molecule has 82 valence electrons. The van der Waals surface area contributed by atoms with Gasteiger partial charge in [-0.25, -0.2) is 0 Å². The summed E-state index contributed by atoms with van der Waals surface area (Å²) in [5.74, 6) is -4.40. The fourth-order valence-electron chi connectivity index (χ4n) is 1.71. The van der Waals surface area contributed by atoms with Crippen LogP contribution in [0.1, 0.15) is 26.7 Å². The molecule has 1 fully saturated rings. The molecule has 14 heavy (non-hydrogen) atoms. The van der Waals surface area contributed by atoms with Crippen molar-refractivity contribution < 1.29 is 13.6 Å². The monoisotopic (exact) mass is 206 g/mol. The lowest BCUT2D eigenvalue weighted by Crippen LogP contribution is -2.56. The van der Waals surface area contributed by atoms with E-state index >= 15 is 0 Å². The molecule has 1 rings (SSSR count). The van der Waals surface area contributed by atoms with Gasteiger partial charge in [0.15, 0.2) is 0 Å². The molecule has 0 radical (unpaired) electrons. The molecule has 3 nitrogen and oxygen atoms in total. The van der Waals surface area contributed by atoms with Gasteiger partial charge >= 0.3 is 5.92 Å². The molecular formula is C9H16F2N2O. The zero-order valence-electron chi connectivity index (χ0n) is 8.46. The molecular weight excluding hydrogens is 190 g/mol. The molecule has 5 heteroatoms. The summed E-state index contributed by atoms with van der Waals surface area (Å²) in [6.07, 6.45) is 1.49. The van der Waals surface area contributed by atoms with E-state index < -0.39 is 11.8 Å². The molecule has 2 atom stereocenters. The van der Waals surface area contributed by atoms with Crippen molar-refractivity contribution in [3.05, 3.63) is 0 Å². The molecule has 1 aliphatic heterocycles. The third-order valence-corrected chi connectivity index (χ3v) is 2.68. The van der Waals surface area contributed by atoms with Crippen LogP contribution in [0, 0.1) is 0 Å². The Morgan fingerprint density at radius 1 is 1.57 bits per heavy atom. The number of nitrogens with two attached hydrogens (primary N) is 1. The van der Waals surface area contributed by atoms with Crippen LogP contribution >= 0.6 is 0 Å². The number of carbonyl (C=O) groups is 1. The number of alkyl halides is 2. The molecule has 0 aromatic carbocycles. The van der Waals surface area contributed by atoms with Crippen LogP contribution in [0.5, 0.6) is 0 Å². The van der Waals surface area contributed by atoms with E-state index in [0.29, 0.717) is 19.9 Å². The van der Waals surface area contributed by atoms with Crippen molar-refractivity contribution in [1.82, 2.24) is 4.90 Å². The smallest absolute Gasteiger partial charge is 0.322 e. The molecule has 0 aromatic rings. The number of piperidine rings is 1. The number of halogens is 2. The van der Waals surface area contributed by atoms with E-state index in [1.54, 1.807) is 6.92 Å². The predicted molar refractivity (Wildman–Crippen MR) is 49.0 cm³/mol. The third-order valence-electron chi connectivity index (χ3n) is 2.68. The second-order valence-electron chi connectivity index (χ2n) is 3.93. The summed E-state index contributed by atoms with van der Waals surface area (Å²) in [5, 5.41) is 0. The van der Waals surface area contributed by atoms with E-state index in [1.807, 2.05) is 0 Å². The lowest BCUT2D eigenvalue weighted by atomic mass is 9.98. The molecule has 0 unspecified atom stereocenters. The number of amides is 1. The standard InChI is InChI=1S/C9H16F2N2O/c1-6-7(12)4-3-5-13(6)8(14)9(2,10)11/h6-7H,3-5,12H2,1-2H3/t6-,7-/m1/s1. The zero-order chi connectivity index (χ0) is 10.9. The molecule has 0 aromatic heterocycles. The Kier molecular flexibility index (Phi) is 3.09. The highest BCUT2D eigenvalue weighted by Gasteiger charge is 2.40. The summed E-state index contributed by atoms with van der Waals surface area (Å²) in [5.41, 5.74) is 5.71.